The molecule has 0 unspecified atom stereocenters. The van der Waals surface area contributed by atoms with Crippen LogP contribution >= 0.6 is 0 Å². The fourth-order valence-corrected chi connectivity index (χ4v) is 4.96. The minimum atomic E-state index is -4.03. The van der Waals surface area contributed by atoms with E-state index in [0.29, 0.717) is 34.5 Å². The number of rotatable bonds is 6. The summed E-state index contributed by atoms with van der Waals surface area (Å²) in [6.07, 6.45) is 0. The first-order valence-corrected chi connectivity index (χ1v) is 11.3. The highest BCUT2D eigenvalue weighted by Crippen LogP contribution is 2.32. The summed E-state index contributed by atoms with van der Waals surface area (Å²) in [6, 6.07) is 19.4. The first kappa shape index (κ1) is 20.7. The predicted molar refractivity (Wildman–Crippen MR) is 122 cm³/mol. The largest absolute Gasteiger partial charge is 0.493 e. The Morgan fingerprint density at radius 2 is 1.58 bits per heavy atom. The lowest BCUT2D eigenvalue weighted by atomic mass is 10.1. The van der Waals surface area contributed by atoms with Crippen molar-refractivity contribution in [2.75, 3.05) is 11.3 Å². The molecule has 1 N–H and O–H groups in total. The van der Waals surface area contributed by atoms with Crippen LogP contribution in [0.15, 0.2) is 76.4 Å². The zero-order valence-corrected chi connectivity index (χ0v) is 18.3. The number of nitrogens with zero attached hydrogens (tertiary/aromatic N) is 2. The molecule has 0 aliphatic rings. The monoisotopic (exact) mass is 437 g/mol. The Labute approximate surface area is 180 Å². The van der Waals surface area contributed by atoms with E-state index in [0.717, 1.165) is 0 Å². The molecule has 0 aliphatic heterocycles. The molecule has 0 spiro atoms. The zero-order valence-electron chi connectivity index (χ0n) is 17.5. The number of ether oxygens (including phenoxy) is 1. The quantitative estimate of drug-likeness (QED) is 0.497. The van der Waals surface area contributed by atoms with Gasteiger partial charge in [-0.3, -0.25) is 14.2 Å². The zero-order chi connectivity index (χ0) is 22.2. The van der Waals surface area contributed by atoms with Crippen LogP contribution in [-0.2, 0) is 17.1 Å². The molecule has 0 saturated heterocycles. The minimum Gasteiger partial charge on any atom is -0.493 e. The molecule has 0 fully saturated rings. The molecule has 4 aromatic rings. The van der Waals surface area contributed by atoms with Crippen LogP contribution in [0.3, 0.4) is 0 Å². The van der Waals surface area contributed by atoms with E-state index in [-0.39, 0.29) is 10.6 Å². The van der Waals surface area contributed by atoms with Gasteiger partial charge in [-0.25, -0.2) is 13.1 Å². The maximum atomic E-state index is 13.3. The molecule has 3 aromatic carbocycles. The Balaban J connectivity index is 1.83. The number of benzene rings is 3. The van der Waals surface area contributed by atoms with Crippen LogP contribution in [0, 0.1) is 6.92 Å². The van der Waals surface area contributed by atoms with Gasteiger partial charge in [-0.15, -0.1) is 0 Å². The van der Waals surface area contributed by atoms with Gasteiger partial charge in [0, 0.05) is 17.8 Å². The number of fused-ring (bicyclic) bond motifs is 1. The summed E-state index contributed by atoms with van der Waals surface area (Å²) in [4.78, 5) is 13.2. The number of aromatic nitrogens is 2. The van der Waals surface area contributed by atoms with E-state index < -0.39 is 15.6 Å². The molecule has 1 aromatic heterocycles. The molecule has 0 atom stereocenters. The van der Waals surface area contributed by atoms with Gasteiger partial charge in [-0.2, -0.15) is 0 Å². The van der Waals surface area contributed by atoms with Gasteiger partial charge in [0.2, 0.25) is 0 Å². The number of nitrogens with one attached hydrogen (secondary N) is 1. The molecule has 0 saturated carbocycles. The van der Waals surface area contributed by atoms with E-state index in [9.17, 15) is 13.2 Å². The van der Waals surface area contributed by atoms with Crippen LogP contribution < -0.4 is 15.0 Å². The van der Waals surface area contributed by atoms with Gasteiger partial charge in [0.25, 0.3) is 15.6 Å². The van der Waals surface area contributed by atoms with E-state index in [1.807, 2.05) is 37.3 Å². The molecule has 0 aliphatic carbocycles. The second-order valence-electron chi connectivity index (χ2n) is 7.08. The maximum Gasteiger partial charge on any atom is 0.296 e. The van der Waals surface area contributed by atoms with Crippen molar-refractivity contribution in [2.45, 2.75) is 18.7 Å². The van der Waals surface area contributed by atoms with Gasteiger partial charge in [-0.05, 0) is 38.1 Å². The van der Waals surface area contributed by atoms with Crippen molar-refractivity contribution in [1.82, 2.24) is 9.36 Å². The van der Waals surface area contributed by atoms with E-state index >= 15 is 0 Å². The SMILES string of the molecule is CCOc1ccc(S(=O)(=O)Nc2c(C)n(C)n(-c3ccccc3)c2=O)c2ccccc12. The topological polar surface area (TPSA) is 82.3 Å². The predicted octanol–water partition coefficient (Wildman–Crippen LogP) is 3.84. The molecular formula is C23H23N3O4S. The van der Waals surface area contributed by atoms with Crippen LogP contribution in [-0.4, -0.2) is 24.4 Å². The number of sulfonamides is 1. The highest BCUT2D eigenvalue weighted by Gasteiger charge is 2.24. The number of hydrogen-bond acceptors (Lipinski definition) is 4. The number of hydrogen-bond donors (Lipinski definition) is 1. The van der Waals surface area contributed by atoms with Crippen molar-refractivity contribution in [2.24, 2.45) is 7.05 Å². The summed E-state index contributed by atoms with van der Waals surface area (Å²) < 4.78 is 37.9. The fourth-order valence-electron chi connectivity index (χ4n) is 3.63. The highest BCUT2D eigenvalue weighted by molar-refractivity contribution is 7.93. The van der Waals surface area contributed by atoms with E-state index in [2.05, 4.69) is 4.72 Å². The third-order valence-electron chi connectivity index (χ3n) is 5.22. The first-order valence-electron chi connectivity index (χ1n) is 9.86. The number of para-hydroxylation sites is 1. The van der Waals surface area contributed by atoms with E-state index in [4.69, 9.17) is 4.74 Å². The minimum absolute atomic E-state index is 0.0179. The summed E-state index contributed by atoms with van der Waals surface area (Å²) >= 11 is 0. The Bertz CT molecular complexity index is 1420. The summed E-state index contributed by atoms with van der Waals surface area (Å²) in [6.45, 7) is 4.04. The van der Waals surface area contributed by atoms with Crippen molar-refractivity contribution >= 4 is 26.5 Å². The van der Waals surface area contributed by atoms with Gasteiger partial charge < -0.3 is 4.74 Å². The number of anilines is 1. The molecule has 0 bridgehead atoms. The van der Waals surface area contributed by atoms with Gasteiger partial charge in [0.05, 0.1) is 22.9 Å². The van der Waals surface area contributed by atoms with Gasteiger partial charge in [-0.1, -0.05) is 42.5 Å². The molecule has 1 heterocycles. The van der Waals surface area contributed by atoms with Crippen LogP contribution in [0.2, 0.25) is 0 Å². The molecule has 160 valence electrons. The maximum absolute atomic E-state index is 13.3. The third-order valence-corrected chi connectivity index (χ3v) is 6.63. The van der Waals surface area contributed by atoms with Crippen LogP contribution in [0.1, 0.15) is 12.6 Å². The average Bonchev–Trinajstić information content (AvgIpc) is 2.97. The standard InChI is InChI=1S/C23H23N3O4S/c1-4-30-20-14-15-21(19-13-9-8-12-18(19)20)31(28,29)24-22-16(2)25(3)26(23(22)27)17-10-6-5-7-11-17/h5-15,24H,4H2,1-3H3. The lowest BCUT2D eigenvalue weighted by Crippen LogP contribution is -2.23. The molecule has 7 nitrogen and oxygen atoms in total. The molecule has 4 rings (SSSR count). The van der Waals surface area contributed by atoms with E-state index in [1.165, 1.54) is 10.7 Å². The van der Waals surface area contributed by atoms with Gasteiger partial charge in [0.15, 0.2) is 0 Å². The second kappa shape index (κ2) is 7.96. The molecule has 0 radical (unpaired) electrons. The van der Waals surface area contributed by atoms with Crippen LogP contribution in [0.4, 0.5) is 5.69 Å². The highest BCUT2D eigenvalue weighted by atomic mass is 32.2. The molecule has 31 heavy (non-hydrogen) atoms. The second-order valence-corrected chi connectivity index (χ2v) is 8.73. The molecule has 8 heteroatoms. The van der Waals surface area contributed by atoms with Gasteiger partial charge >= 0.3 is 0 Å². The van der Waals surface area contributed by atoms with Crippen LogP contribution in [0.25, 0.3) is 16.5 Å². The summed E-state index contributed by atoms with van der Waals surface area (Å²) in [5.41, 5.74) is 0.733. The lowest BCUT2D eigenvalue weighted by molar-refractivity contribution is 0.344. The van der Waals surface area contributed by atoms with Crippen molar-refractivity contribution < 1.29 is 13.2 Å². The van der Waals surface area contributed by atoms with Crippen LogP contribution in [0.5, 0.6) is 5.75 Å². The fraction of sp³-hybridized carbons (Fsp3) is 0.174. The lowest BCUT2D eigenvalue weighted by Gasteiger charge is -2.13. The van der Waals surface area contributed by atoms with E-state index in [1.54, 1.807) is 49.0 Å². The Morgan fingerprint density at radius 3 is 2.26 bits per heavy atom. The van der Waals surface area contributed by atoms with Gasteiger partial charge in [0.1, 0.15) is 11.4 Å². The first-order chi connectivity index (χ1) is 14.8. The Hall–Kier alpha value is -3.52. The normalized spacial score (nSPS) is 11.6. The van der Waals surface area contributed by atoms with Crippen molar-refractivity contribution in [1.29, 1.82) is 0 Å². The summed E-state index contributed by atoms with van der Waals surface area (Å²) in [7, 11) is -2.32. The third kappa shape index (κ3) is 3.59. The van der Waals surface area contributed by atoms with Crippen molar-refractivity contribution in [3.63, 3.8) is 0 Å². The smallest absolute Gasteiger partial charge is 0.296 e. The summed E-state index contributed by atoms with van der Waals surface area (Å²) in [5, 5.41) is 1.22. The Morgan fingerprint density at radius 1 is 0.935 bits per heavy atom. The molecule has 0 amide bonds. The van der Waals surface area contributed by atoms with Crippen molar-refractivity contribution in [3.8, 4) is 11.4 Å². The summed E-state index contributed by atoms with van der Waals surface area (Å²) in [5.74, 6) is 0.611. The van der Waals surface area contributed by atoms with Crippen molar-refractivity contribution in [3.05, 3.63) is 82.8 Å². The molecular weight excluding hydrogens is 414 g/mol. The average molecular weight is 438 g/mol. The Kier molecular flexibility index (Phi) is 5.32.